The molecule has 0 radical (unpaired) electrons. The summed E-state index contributed by atoms with van der Waals surface area (Å²) in [6.45, 7) is 2.49. The summed E-state index contributed by atoms with van der Waals surface area (Å²) in [5.41, 5.74) is 2.80. The van der Waals surface area contributed by atoms with Crippen LogP contribution in [0.25, 0.3) is 0 Å². The molecule has 2 aromatic carbocycles. The van der Waals surface area contributed by atoms with E-state index in [4.69, 9.17) is 18.9 Å². The second-order valence-corrected chi connectivity index (χ2v) is 7.22. The van der Waals surface area contributed by atoms with E-state index in [0.29, 0.717) is 36.7 Å². The molecule has 5 nitrogen and oxygen atoms in total. The van der Waals surface area contributed by atoms with E-state index in [-0.39, 0.29) is 11.7 Å². The van der Waals surface area contributed by atoms with Crippen LogP contribution in [0, 0.1) is 0 Å². The summed E-state index contributed by atoms with van der Waals surface area (Å²) >= 11 is 3.54. The molecule has 144 valence electrons. The van der Waals surface area contributed by atoms with Crippen molar-refractivity contribution in [2.75, 3.05) is 27.9 Å². The van der Waals surface area contributed by atoms with Crippen LogP contribution in [0.5, 0.6) is 23.0 Å². The average Bonchev–Trinajstić information content (AvgIpc) is 2.67. The molecule has 0 saturated heterocycles. The first-order valence-electron chi connectivity index (χ1n) is 8.79. The number of ketones is 1. The fourth-order valence-electron chi connectivity index (χ4n) is 3.72. The predicted molar refractivity (Wildman–Crippen MR) is 107 cm³/mol. The molecule has 1 aliphatic rings. The first kappa shape index (κ1) is 19.5. The zero-order chi connectivity index (χ0) is 19.6. The number of benzene rings is 2. The Morgan fingerprint density at radius 2 is 1.78 bits per heavy atom. The summed E-state index contributed by atoms with van der Waals surface area (Å²) in [7, 11) is 4.77. The van der Waals surface area contributed by atoms with Gasteiger partial charge in [-0.3, -0.25) is 4.79 Å². The zero-order valence-electron chi connectivity index (χ0n) is 15.9. The topological polar surface area (TPSA) is 54.0 Å². The van der Waals surface area contributed by atoms with Gasteiger partial charge in [0.1, 0.15) is 11.5 Å². The molecular formula is C21H23BrO5. The smallest absolute Gasteiger partial charge is 0.203 e. The third-order valence-corrected chi connectivity index (χ3v) is 5.26. The highest BCUT2D eigenvalue weighted by molar-refractivity contribution is 9.10. The van der Waals surface area contributed by atoms with Gasteiger partial charge in [0.05, 0.1) is 27.9 Å². The molecule has 6 heteroatoms. The van der Waals surface area contributed by atoms with E-state index >= 15 is 0 Å². The second kappa shape index (κ2) is 8.21. The monoisotopic (exact) mass is 434 g/mol. The van der Waals surface area contributed by atoms with Gasteiger partial charge in [0.2, 0.25) is 5.75 Å². The fraction of sp³-hybridized carbons (Fsp3) is 0.381. The van der Waals surface area contributed by atoms with Gasteiger partial charge in [-0.05, 0) is 36.8 Å². The molecule has 0 aliphatic heterocycles. The second-order valence-electron chi connectivity index (χ2n) is 6.31. The number of Topliss-reactive ketones (excluding diaryl/α,β-unsaturated/α-hetero) is 1. The highest BCUT2D eigenvalue weighted by Gasteiger charge is 2.34. The summed E-state index contributed by atoms with van der Waals surface area (Å²) < 4.78 is 23.5. The zero-order valence-corrected chi connectivity index (χ0v) is 17.5. The number of carbonyl (C=O) groups excluding carboxylic acids is 1. The van der Waals surface area contributed by atoms with Gasteiger partial charge in [-0.2, -0.15) is 0 Å². The average molecular weight is 435 g/mol. The number of hydrogen-bond donors (Lipinski definition) is 0. The first-order chi connectivity index (χ1) is 13.0. The SMILES string of the molecule is CCOc1ccc(Br)cc1C1CC(=O)Cc2cc(OC)c(OC)c(OC)c21. The molecule has 1 atom stereocenters. The van der Waals surface area contributed by atoms with Crippen molar-refractivity contribution in [3.8, 4) is 23.0 Å². The van der Waals surface area contributed by atoms with Crippen molar-refractivity contribution in [3.63, 3.8) is 0 Å². The molecule has 0 spiro atoms. The molecule has 1 unspecified atom stereocenters. The predicted octanol–water partition coefficient (Wildman–Crippen LogP) is 4.52. The minimum Gasteiger partial charge on any atom is -0.494 e. The normalized spacial score (nSPS) is 15.9. The summed E-state index contributed by atoms with van der Waals surface area (Å²) in [5.74, 6) is 2.45. The van der Waals surface area contributed by atoms with Crippen LogP contribution in [-0.4, -0.2) is 33.7 Å². The Labute approximate surface area is 167 Å². The van der Waals surface area contributed by atoms with Crippen LogP contribution in [-0.2, 0) is 11.2 Å². The number of ether oxygens (including phenoxy) is 4. The standard InChI is InChI=1S/C21H23BrO5/c1-5-27-17-7-6-13(22)10-15(17)16-11-14(23)8-12-9-18(24-2)20(25-3)21(26-4)19(12)16/h6-7,9-10,16H,5,8,11H2,1-4H3. The van der Waals surface area contributed by atoms with Crippen LogP contribution in [0.2, 0.25) is 0 Å². The number of carbonyl (C=O) groups is 1. The number of methoxy groups -OCH3 is 3. The van der Waals surface area contributed by atoms with Gasteiger partial charge in [0.25, 0.3) is 0 Å². The van der Waals surface area contributed by atoms with Gasteiger partial charge in [-0.1, -0.05) is 15.9 Å². The maximum Gasteiger partial charge on any atom is 0.203 e. The summed E-state index contributed by atoms with van der Waals surface area (Å²) in [6.07, 6.45) is 0.732. The first-order valence-corrected chi connectivity index (χ1v) is 9.58. The van der Waals surface area contributed by atoms with Crippen molar-refractivity contribution >= 4 is 21.7 Å². The van der Waals surface area contributed by atoms with Crippen molar-refractivity contribution in [1.29, 1.82) is 0 Å². The Morgan fingerprint density at radius 1 is 1.04 bits per heavy atom. The van der Waals surface area contributed by atoms with Crippen LogP contribution in [0.4, 0.5) is 0 Å². The van der Waals surface area contributed by atoms with Gasteiger partial charge in [-0.25, -0.2) is 0 Å². The molecule has 3 rings (SSSR count). The van der Waals surface area contributed by atoms with E-state index in [0.717, 1.165) is 26.9 Å². The number of halogens is 1. The van der Waals surface area contributed by atoms with E-state index in [2.05, 4.69) is 15.9 Å². The van der Waals surface area contributed by atoms with E-state index < -0.39 is 0 Å². The number of fused-ring (bicyclic) bond motifs is 1. The van der Waals surface area contributed by atoms with Crippen molar-refractivity contribution in [2.24, 2.45) is 0 Å². The summed E-state index contributed by atoms with van der Waals surface area (Å²) in [4.78, 5) is 12.6. The minimum absolute atomic E-state index is 0.171. The molecule has 0 fully saturated rings. The third kappa shape index (κ3) is 3.63. The van der Waals surface area contributed by atoms with E-state index in [9.17, 15) is 4.79 Å². The molecule has 0 aromatic heterocycles. The van der Waals surface area contributed by atoms with E-state index in [1.807, 2.05) is 31.2 Å². The van der Waals surface area contributed by atoms with Gasteiger partial charge in [0.15, 0.2) is 11.5 Å². The van der Waals surface area contributed by atoms with Crippen LogP contribution in [0.1, 0.15) is 36.0 Å². The minimum atomic E-state index is -0.185. The number of rotatable bonds is 6. The van der Waals surface area contributed by atoms with Crippen LogP contribution < -0.4 is 18.9 Å². The molecule has 0 amide bonds. The summed E-state index contributed by atoms with van der Waals surface area (Å²) in [6, 6.07) is 7.74. The molecule has 27 heavy (non-hydrogen) atoms. The molecule has 0 heterocycles. The third-order valence-electron chi connectivity index (χ3n) is 4.77. The van der Waals surface area contributed by atoms with Gasteiger partial charge in [-0.15, -0.1) is 0 Å². The molecule has 0 N–H and O–H groups in total. The Morgan fingerprint density at radius 3 is 2.41 bits per heavy atom. The molecule has 0 saturated carbocycles. The van der Waals surface area contributed by atoms with Crippen molar-refractivity contribution < 1.29 is 23.7 Å². The highest BCUT2D eigenvalue weighted by Crippen LogP contribution is 2.51. The quantitative estimate of drug-likeness (QED) is 0.668. The molecule has 0 bridgehead atoms. The maximum atomic E-state index is 12.6. The van der Waals surface area contributed by atoms with Gasteiger partial charge >= 0.3 is 0 Å². The Balaban J connectivity index is 2.28. The largest absolute Gasteiger partial charge is 0.494 e. The van der Waals surface area contributed by atoms with Gasteiger partial charge in [0, 0.05) is 34.4 Å². The van der Waals surface area contributed by atoms with Crippen molar-refractivity contribution in [3.05, 3.63) is 45.4 Å². The Bertz CT molecular complexity index is 862. The summed E-state index contributed by atoms with van der Waals surface area (Å²) in [5, 5.41) is 0. The lowest BCUT2D eigenvalue weighted by atomic mass is 9.77. The lowest BCUT2D eigenvalue weighted by molar-refractivity contribution is -0.119. The van der Waals surface area contributed by atoms with Crippen LogP contribution in [0.15, 0.2) is 28.7 Å². The molecule has 1 aliphatic carbocycles. The highest BCUT2D eigenvalue weighted by atomic mass is 79.9. The Hall–Kier alpha value is -2.21. The maximum absolute atomic E-state index is 12.6. The lowest BCUT2D eigenvalue weighted by Crippen LogP contribution is -2.21. The van der Waals surface area contributed by atoms with Crippen LogP contribution >= 0.6 is 15.9 Å². The van der Waals surface area contributed by atoms with Crippen molar-refractivity contribution in [1.82, 2.24) is 0 Å². The van der Waals surface area contributed by atoms with Crippen molar-refractivity contribution in [2.45, 2.75) is 25.7 Å². The molecular weight excluding hydrogens is 412 g/mol. The van der Waals surface area contributed by atoms with Gasteiger partial charge < -0.3 is 18.9 Å². The fourth-order valence-corrected chi connectivity index (χ4v) is 4.09. The van der Waals surface area contributed by atoms with E-state index in [1.54, 1.807) is 21.3 Å². The number of hydrogen-bond acceptors (Lipinski definition) is 5. The van der Waals surface area contributed by atoms with E-state index in [1.165, 1.54) is 0 Å². The lowest BCUT2D eigenvalue weighted by Gasteiger charge is -2.30. The van der Waals surface area contributed by atoms with Crippen LogP contribution in [0.3, 0.4) is 0 Å². The Kier molecular flexibility index (Phi) is 5.95. The molecule has 2 aromatic rings.